The molecule has 2 aromatic heterocycles. The fraction of sp³-hybridized carbons (Fsp3) is 0.160. The van der Waals surface area contributed by atoms with Crippen LogP contribution in [0, 0.1) is 0 Å². The number of aromatic nitrogens is 2. The van der Waals surface area contributed by atoms with Gasteiger partial charge in [-0.3, -0.25) is 19.6 Å². The lowest BCUT2D eigenvalue weighted by Crippen LogP contribution is -2.16. The summed E-state index contributed by atoms with van der Waals surface area (Å²) in [5.74, 6) is -0.609. The van der Waals surface area contributed by atoms with Crippen LogP contribution < -0.4 is 0 Å². The molecule has 0 unspecified atom stereocenters. The van der Waals surface area contributed by atoms with E-state index in [-0.39, 0.29) is 23.8 Å². The molecule has 2 heterocycles. The van der Waals surface area contributed by atoms with Crippen molar-refractivity contribution in [2.24, 2.45) is 10.1 Å². The number of carbonyl (C=O) groups excluding carboxylic acids is 3. The van der Waals surface area contributed by atoms with Crippen molar-refractivity contribution in [2.75, 3.05) is 0 Å². The van der Waals surface area contributed by atoms with Gasteiger partial charge in [-0.15, -0.1) is 0 Å². The number of rotatable bonds is 10. The van der Waals surface area contributed by atoms with Crippen LogP contribution in [0.3, 0.4) is 0 Å². The fourth-order valence-electron chi connectivity index (χ4n) is 3.22. The predicted octanol–water partition coefficient (Wildman–Crippen LogP) is 4.29. The van der Waals surface area contributed by atoms with Crippen molar-refractivity contribution in [3.05, 3.63) is 77.5 Å². The first-order valence-electron chi connectivity index (χ1n) is 10.6. The SMILES string of the molecule is C=NN(C=NCc1cc(C(=O)F)nc(C(=O)F)c1)/C=C(/C(=O)OC(C)C)c1cccc2cnccc12. The quantitative estimate of drug-likeness (QED) is 0.103. The second-order valence-electron chi connectivity index (χ2n) is 7.67. The van der Waals surface area contributed by atoms with E-state index in [0.29, 0.717) is 5.56 Å². The molecule has 0 spiro atoms. The molecule has 184 valence electrons. The summed E-state index contributed by atoms with van der Waals surface area (Å²) < 4.78 is 31.6. The number of hydrogen-bond acceptors (Lipinski definition) is 8. The van der Waals surface area contributed by atoms with E-state index in [1.54, 1.807) is 44.4 Å². The molecule has 0 amide bonds. The summed E-state index contributed by atoms with van der Waals surface area (Å²) >= 11 is 0. The van der Waals surface area contributed by atoms with E-state index in [1.165, 1.54) is 12.5 Å². The topological polar surface area (TPSA) is 114 Å². The Morgan fingerprint density at radius 1 is 1.14 bits per heavy atom. The molecule has 0 bridgehead atoms. The number of carbonyl (C=O) groups is 3. The molecule has 0 saturated carbocycles. The lowest BCUT2D eigenvalue weighted by Gasteiger charge is -2.15. The van der Waals surface area contributed by atoms with Crippen molar-refractivity contribution in [1.82, 2.24) is 15.0 Å². The van der Waals surface area contributed by atoms with Crippen molar-refractivity contribution in [3.63, 3.8) is 0 Å². The first kappa shape index (κ1) is 25.9. The average Bonchev–Trinajstić information content (AvgIpc) is 2.85. The summed E-state index contributed by atoms with van der Waals surface area (Å²) in [4.78, 5) is 46.5. The van der Waals surface area contributed by atoms with Crippen LogP contribution in [0.25, 0.3) is 16.3 Å². The number of aliphatic imine (C=N–C) groups is 1. The fourth-order valence-corrected chi connectivity index (χ4v) is 3.22. The molecule has 0 radical (unpaired) electrons. The molecule has 0 fully saturated rings. The number of esters is 1. The van der Waals surface area contributed by atoms with Gasteiger partial charge in [-0.2, -0.15) is 13.9 Å². The van der Waals surface area contributed by atoms with Crippen molar-refractivity contribution >= 4 is 47.4 Å². The lowest BCUT2D eigenvalue weighted by atomic mass is 10.00. The van der Waals surface area contributed by atoms with E-state index in [1.807, 2.05) is 6.07 Å². The Bertz CT molecular complexity index is 1350. The Hall–Kier alpha value is -4.67. The van der Waals surface area contributed by atoms with E-state index in [0.717, 1.165) is 27.9 Å². The molecule has 0 saturated heterocycles. The smallest absolute Gasteiger partial charge is 0.350 e. The highest BCUT2D eigenvalue weighted by Gasteiger charge is 2.19. The molecular formula is C25H21F2N5O4. The summed E-state index contributed by atoms with van der Waals surface area (Å²) in [6, 6.07) is 5.38. The zero-order chi connectivity index (χ0) is 26.2. The van der Waals surface area contributed by atoms with Gasteiger partial charge in [0.1, 0.15) is 17.7 Å². The van der Waals surface area contributed by atoms with Gasteiger partial charge in [0.25, 0.3) is 0 Å². The first-order chi connectivity index (χ1) is 17.2. The number of pyridine rings is 2. The minimum absolute atomic E-state index is 0.150. The largest absolute Gasteiger partial charge is 0.459 e. The summed E-state index contributed by atoms with van der Waals surface area (Å²) in [6.45, 7) is 6.72. The van der Waals surface area contributed by atoms with Gasteiger partial charge >= 0.3 is 18.0 Å². The Morgan fingerprint density at radius 2 is 1.83 bits per heavy atom. The Morgan fingerprint density at radius 3 is 2.44 bits per heavy atom. The average molecular weight is 493 g/mol. The molecule has 1 aromatic carbocycles. The zero-order valence-electron chi connectivity index (χ0n) is 19.4. The molecule has 0 atom stereocenters. The third-order valence-electron chi connectivity index (χ3n) is 4.72. The van der Waals surface area contributed by atoms with Crippen LogP contribution in [0.15, 0.2) is 65.1 Å². The van der Waals surface area contributed by atoms with Gasteiger partial charge in [-0.1, -0.05) is 18.2 Å². The molecule has 3 rings (SSSR count). The lowest BCUT2D eigenvalue weighted by molar-refractivity contribution is -0.140. The molecular weight excluding hydrogens is 472 g/mol. The summed E-state index contributed by atoms with van der Waals surface area (Å²) in [7, 11) is 0. The molecule has 11 heteroatoms. The van der Waals surface area contributed by atoms with E-state index >= 15 is 0 Å². The Balaban J connectivity index is 1.96. The van der Waals surface area contributed by atoms with Crippen molar-refractivity contribution in [2.45, 2.75) is 26.5 Å². The number of ether oxygens (including phenoxy) is 1. The van der Waals surface area contributed by atoms with Gasteiger partial charge in [-0.25, -0.2) is 14.8 Å². The minimum Gasteiger partial charge on any atom is -0.459 e. The van der Waals surface area contributed by atoms with Gasteiger partial charge in [-0.05, 0) is 48.6 Å². The monoisotopic (exact) mass is 493 g/mol. The second-order valence-corrected chi connectivity index (χ2v) is 7.67. The molecule has 36 heavy (non-hydrogen) atoms. The van der Waals surface area contributed by atoms with E-state index < -0.39 is 29.4 Å². The van der Waals surface area contributed by atoms with Gasteiger partial charge in [0.2, 0.25) is 0 Å². The summed E-state index contributed by atoms with van der Waals surface area (Å²) in [5.41, 5.74) is -0.553. The highest BCUT2D eigenvalue weighted by Crippen LogP contribution is 2.26. The van der Waals surface area contributed by atoms with Crippen molar-refractivity contribution in [3.8, 4) is 0 Å². The van der Waals surface area contributed by atoms with Crippen LogP contribution in [-0.4, -0.2) is 52.2 Å². The third kappa shape index (κ3) is 6.47. The first-order valence-corrected chi connectivity index (χ1v) is 10.6. The molecule has 0 N–H and O–H groups in total. The highest BCUT2D eigenvalue weighted by molar-refractivity contribution is 6.20. The maximum Gasteiger partial charge on any atom is 0.350 e. The summed E-state index contributed by atoms with van der Waals surface area (Å²) in [5, 5.41) is 6.53. The van der Waals surface area contributed by atoms with Crippen molar-refractivity contribution in [1.29, 1.82) is 0 Å². The number of halogens is 2. The van der Waals surface area contributed by atoms with Crippen LogP contribution in [0.4, 0.5) is 8.78 Å². The number of benzene rings is 1. The number of nitrogens with zero attached hydrogens (tertiary/aromatic N) is 5. The number of fused-ring (bicyclic) bond motifs is 1. The van der Waals surface area contributed by atoms with Gasteiger partial charge in [0.15, 0.2) is 0 Å². The van der Waals surface area contributed by atoms with Crippen LogP contribution in [0.2, 0.25) is 0 Å². The molecule has 3 aromatic rings. The number of hydrazone groups is 1. The minimum atomic E-state index is -1.92. The normalized spacial score (nSPS) is 11.6. The summed E-state index contributed by atoms with van der Waals surface area (Å²) in [6.07, 6.45) is 5.45. The van der Waals surface area contributed by atoms with Gasteiger partial charge in [0, 0.05) is 30.7 Å². The maximum atomic E-state index is 13.1. The van der Waals surface area contributed by atoms with Gasteiger partial charge in [0.05, 0.1) is 18.2 Å². The van der Waals surface area contributed by atoms with E-state index in [9.17, 15) is 23.2 Å². The van der Waals surface area contributed by atoms with Crippen LogP contribution in [0.5, 0.6) is 0 Å². The highest BCUT2D eigenvalue weighted by atomic mass is 19.1. The standard InChI is InChI=1S/C25H21F2N5O4/c1-15(2)36-25(35)20(19-6-4-5-17-12-29-8-7-18(17)19)13-32(28-3)14-30-11-16-9-21(23(26)33)31-22(10-16)24(27)34/h4-10,12-15H,3,11H2,1-2H3/b20-13+,30-14?. The molecule has 0 aliphatic carbocycles. The van der Waals surface area contributed by atoms with E-state index in [4.69, 9.17) is 4.74 Å². The third-order valence-corrected chi connectivity index (χ3v) is 4.72. The predicted molar refractivity (Wildman–Crippen MR) is 130 cm³/mol. The molecule has 0 aliphatic heterocycles. The Kier molecular flexibility index (Phi) is 8.39. The second kappa shape index (κ2) is 11.6. The van der Waals surface area contributed by atoms with Gasteiger partial charge < -0.3 is 4.74 Å². The van der Waals surface area contributed by atoms with Crippen LogP contribution in [0.1, 0.15) is 46.0 Å². The number of hydrogen-bond donors (Lipinski definition) is 0. The molecule has 9 nitrogen and oxygen atoms in total. The van der Waals surface area contributed by atoms with Crippen LogP contribution >= 0.6 is 0 Å². The maximum absolute atomic E-state index is 13.1. The van der Waals surface area contributed by atoms with Crippen molar-refractivity contribution < 1.29 is 27.9 Å². The zero-order valence-corrected chi connectivity index (χ0v) is 19.4. The molecule has 0 aliphatic rings. The van der Waals surface area contributed by atoms with Crippen LogP contribution in [-0.2, 0) is 16.1 Å². The Labute approximate surface area is 204 Å². The van der Waals surface area contributed by atoms with E-state index in [2.05, 4.69) is 26.8 Å².